The molecule has 0 atom stereocenters. The zero-order valence-corrected chi connectivity index (χ0v) is 12.7. The highest BCUT2D eigenvalue weighted by Crippen LogP contribution is 2.28. The van der Waals surface area contributed by atoms with Crippen LogP contribution in [0.3, 0.4) is 0 Å². The number of nitrogens with zero attached hydrogens (tertiary/aromatic N) is 1. The standard InChI is InChI=1S/C16H23N3O2/c1-11(2)18-15(20)8-9-19-14-7-6-13(17)10-12(14)4-3-5-16(19)21/h6-7,10-11H,3-5,8-9,17H2,1-2H3,(H,18,20). The van der Waals surface area contributed by atoms with Crippen molar-refractivity contribution in [1.82, 2.24) is 5.32 Å². The van der Waals surface area contributed by atoms with Crippen molar-refractivity contribution < 1.29 is 9.59 Å². The van der Waals surface area contributed by atoms with Crippen molar-refractivity contribution in [2.24, 2.45) is 0 Å². The molecule has 5 nitrogen and oxygen atoms in total. The van der Waals surface area contributed by atoms with Gasteiger partial charge in [0.1, 0.15) is 0 Å². The number of nitrogen functional groups attached to an aromatic ring is 1. The molecule has 0 unspecified atom stereocenters. The van der Waals surface area contributed by atoms with Crippen LogP contribution in [0.4, 0.5) is 11.4 Å². The number of aryl methyl sites for hydroxylation is 1. The number of rotatable bonds is 4. The third-order valence-corrected chi connectivity index (χ3v) is 3.54. The Hall–Kier alpha value is -2.04. The average molecular weight is 289 g/mol. The van der Waals surface area contributed by atoms with Crippen LogP contribution < -0.4 is 16.0 Å². The Balaban J connectivity index is 2.13. The molecule has 2 amide bonds. The van der Waals surface area contributed by atoms with E-state index >= 15 is 0 Å². The van der Waals surface area contributed by atoms with E-state index < -0.39 is 0 Å². The molecule has 1 aliphatic rings. The minimum atomic E-state index is -0.0287. The van der Waals surface area contributed by atoms with Crippen molar-refractivity contribution in [3.8, 4) is 0 Å². The van der Waals surface area contributed by atoms with Gasteiger partial charge < -0.3 is 16.0 Å². The first-order valence-corrected chi connectivity index (χ1v) is 7.45. The Labute approximate surface area is 125 Å². The van der Waals surface area contributed by atoms with Crippen LogP contribution in [0.15, 0.2) is 18.2 Å². The summed E-state index contributed by atoms with van der Waals surface area (Å²) in [4.78, 5) is 25.8. The molecule has 3 N–H and O–H groups in total. The van der Waals surface area contributed by atoms with Gasteiger partial charge in [-0.3, -0.25) is 9.59 Å². The fourth-order valence-electron chi connectivity index (χ4n) is 2.62. The summed E-state index contributed by atoms with van der Waals surface area (Å²) in [5, 5.41) is 2.85. The molecular weight excluding hydrogens is 266 g/mol. The number of nitrogens with two attached hydrogens (primary N) is 1. The summed E-state index contributed by atoms with van der Waals surface area (Å²) in [6.45, 7) is 4.26. The highest BCUT2D eigenvalue weighted by Gasteiger charge is 2.22. The largest absolute Gasteiger partial charge is 0.399 e. The van der Waals surface area contributed by atoms with Crippen molar-refractivity contribution in [2.75, 3.05) is 17.2 Å². The van der Waals surface area contributed by atoms with E-state index in [1.54, 1.807) is 11.0 Å². The molecule has 0 fully saturated rings. The summed E-state index contributed by atoms with van der Waals surface area (Å²) < 4.78 is 0. The summed E-state index contributed by atoms with van der Waals surface area (Å²) in [5.74, 6) is 0.0508. The van der Waals surface area contributed by atoms with Gasteiger partial charge in [0, 0.05) is 36.8 Å². The third-order valence-electron chi connectivity index (χ3n) is 3.54. The predicted octanol–water partition coefficient (Wildman–Crippen LogP) is 1.85. The lowest BCUT2D eigenvalue weighted by atomic mass is 10.1. The molecule has 2 rings (SSSR count). The van der Waals surface area contributed by atoms with Gasteiger partial charge in [0.25, 0.3) is 0 Å². The quantitative estimate of drug-likeness (QED) is 0.831. The summed E-state index contributed by atoms with van der Waals surface area (Å²) in [6.07, 6.45) is 2.50. The number of hydrogen-bond acceptors (Lipinski definition) is 3. The summed E-state index contributed by atoms with van der Waals surface area (Å²) >= 11 is 0. The molecule has 1 aliphatic heterocycles. The maximum atomic E-state index is 12.3. The lowest BCUT2D eigenvalue weighted by molar-refractivity contribution is -0.121. The van der Waals surface area contributed by atoms with Crippen LogP contribution in [0.2, 0.25) is 0 Å². The second-order valence-electron chi connectivity index (χ2n) is 5.76. The number of carbonyl (C=O) groups is 2. The molecule has 21 heavy (non-hydrogen) atoms. The monoisotopic (exact) mass is 289 g/mol. The third kappa shape index (κ3) is 3.97. The van der Waals surface area contributed by atoms with E-state index in [9.17, 15) is 9.59 Å². The Morgan fingerprint density at radius 1 is 1.38 bits per heavy atom. The van der Waals surface area contributed by atoms with E-state index in [1.807, 2.05) is 26.0 Å². The maximum absolute atomic E-state index is 12.3. The Morgan fingerprint density at radius 2 is 2.14 bits per heavy atom. The smallest absolute Gasteiger partial charge is 0.227 e. The first kappa shape index (κ1) is 15.4. The van der Waals surface area contributed by atoms with Gasteiger partial charge in [-0.05, 0) is 50.5 Å². The minimum absolute atomic E-state index is 0.0287. The van der Waals surface area contributed by atoms with E-state index in [-0.39, 0.29) is 17.9 Å². The summed E-state index contributed by atoms with van der Waals surface area (Å²) in [7, 11) is 0. The van der Waals surface area contributed by atoms with E-state index in [2.05, 4.69) is 5.32 Å². The Kier molecular flexibility index (Phi) is 4.83. The van der Waals surface area contributed by atoms with Crippen LogP contribution in [0.5, 0.6) is 0 Å². The van der Waals surface area contributed by atoms with Gasteiger partial charge in [-0.1, -0.05) is 0 Å². The van der Waals surface area contributed by atoms with Crippen molar-refractivity contribution >= 4 is 23.2 Å². The zero-order valence-electron chi connectivity index (χ0n) is 12.7. The molecule has 1 aromatic rings. The molecule has 1 heterocycles. The highest BCUT2D eigenvalue weighted by atomic mass is 16.2. The number of carbonyl (C=O) groups excluding carboxylic acids is 2. The number of benzene rings is 1. The summed E-state index contributed by atoms with van der Waals surface area (Å²) in [5.41, 5.74) is 8.51. The normalized spacial score (nSPS) is 14.8. The first-order valence-electron chi connectivity index (χ1n) is 7.45. The van der Waals surface area contributed by atoms with E-state index in [0.29, 0.717) is 25.1 Å². The fourth-order valence-corrected chi connectivity index (χ4v) is 2.62. The molecule has 114 valence electrons. The number of hydrogen-bond donors (Lipinski definition) is 2. The van der Waals surface area contributed by atoms with E-state index in [4.69, 9.17) is 5.73 Å². The topological polar surface area (TPSA) is 75.4 Å². The van der Waals surface area contributed by atoms with Crippen LogP contribution in [0.1, 0.15) is 38.7 Å². The molecular formula is C16H23N3O2. The first-order chi connectivity index (χ1) is 9.97. The maximum Gasteiger partial charge on any atom is 0.227 e. The van der Waals surface area contributed by atoms with Gasteiger partial charge in [0.2, 0.25) is 11.8 Å². The van der Waals surface area contributed by atoms with Gasteiger partial charge in [0.15, 0.2) is 0 Å². The lowest BCUT2D eigenvalue weighted by Crippen LogP contribution is -2.36. The molecule has 0 spiro atoms. The van der Waals surface area contributed by atoms with Gasteiger partial charge in [-0.25, -0.2) is 0 Å². The second kappa shape index (κ2) is 6.61. The minimum Gasteiger partial charge on any atom is -0.399 e. The van der Waals surface area contributed by atoms with Crippen LogP contribution in [0.25, 0.3) is 0 Å². The fraction of sp³-hybridized carbons (Fsp3) is 0.500. The van der Waals surface area contributed by atoms with Crippen molar-refractivity contribution in [2.45, 2.75) is 45.6 Å². The Bertz CT molecular complexity index is 540. The molecule has 0 aliphatic carbocycles. The highest BCUT2D eigenvalue weighted by molar-refractivity contribution is 5.95. The number of amides is 2. The molecule has 0 aromatic heterocycles. The van der Waals surface area contributed by atoms with Crippen LogP contribution in [-0.4, -0.2) is 24.4 Å². The molecule has 1 aromatic carbocycles. The van der Waals surface area contributed by atoms with Crippen LogP contribution >= 0.6 is 0 Å². The molecule has 0 saturated carbocycles. The van der Waals surface area contributed by atoms with Crippen molar-refractivity contribution in [3.63, 3.8) is 0 Å². The lowest BCUT2D eigenvalue weighted by Gasteiger charge is -2.23. The second-order valence-corrected chi connectivity index (χ2v) is 5.76. The SMILES string of the molecule is CC(C)NC(=O)CCN1C(=O)CCCc2cc(N)ccc21. The van der Waals surface area contributed by atoms with Gasteiger partial charge in [-0.15, -0.1) is 0 Å². The van der Waals surface area contributed by atoms with E-state index in [0.717, 1.165) is 24.1 Å². The van der Waals surface area contributed by atoms with Gasteiger partial charge in [-0.2, -0.15) is 0 Å². The van der Waals surface area contributed by atoms with Crippen molar-refractivity contribution in [3.05, 3.63) is 23.8 Å². The average Bonchev–Trinajstić information content (AvgIpc) is 2.54. The van der Waals surface area contributed by atoms with Crippen molar-refractivity contribution in [1.29, 1.82) is 0 Å². The Morgan fingerprint density at radius 3 is 2.86 bits per heavy atom. The molecule has 0 bridgehead atoms. The molecule has 5 heteroatoms. The van der Waals surface area contributed by atoms with Crippen LogP contribution in [-0.2, 0) is 16.0 Å². The molecule has 0 radical (unpaired) electrons. The van der Waals surface area contributed by atoms with E-state index in [1.165, 1.54) is 0 Å². The predicted molar refractivity (Wildman–Crippen MR) is 84.0 cm³/mol. The molecule has 0 saturated heterocycles. The number of fused-ring (bicyclic) bond motifs is 1. The van der Waals surface area contributed by atoms with Crippen LogP contribution in [0, 0.1) is 0 Å². The zero-order chi connectivity index (χ0) is 15.4. The summed E-state index contributed by atoms with van der Waals surface area (Å²) in [6, 6.07) is 5.73. The number of anilines is 2. The van der Waals surface area contributed by atoms with Gasteiger partial charge in [0.05, 0.1) is 0 Å². The number of nitrogens with one attached hydrogen (secondary N) is 1. The van der Waals surface area contributed by atoms with Gasteiger partial charge >= 0.3 is 0 Å².